The second-order valence-corrected chi connectivity index (χ2v) is 6.32. The first-order chi connectivity index (χ1) is 7.06. The Labute approximate surface area is 109 Å². The molecule has 90 valence electrons. The topological polar surface area (TPSA) is 0 Å². The zero-order chi connectivity index (χ0) is 11.7. The maximum atomic E-state index is 2.85. The van der Waals surface area contributed by atoms with Crippen molar-refractivity contribution in [2.75, 3.05) is 0 Å². The Balaban J connectivity index is -0.000000980. The molecule has 0 unspecified atom stereocenters. The summed E-state index contributed by atoms with van der Waals surface area (Å²) in [7, 11) is 0. The van der Waals surface area contributed by atoms with Crippen molar-refractivity contribution in [3.05, 3.63) is 0 Å². The Bertz CT molecular complexity index is 126. The summed E-state index contributed by atoms with van der Waals surface area (Å²) in [4.78, 5) is 0. The predicted molar refractivity (Wildman–Crippen MR) is 73.7 cm³/mol. The van der Waals surface area contributed by atoms with E-state index in [1.807, 2.05) is 0 Å². The Kier molecular flexibility index (Phi) is 10.1. The third kappa shape index (κ3) is 10.8. The van der Waals surface area contributed by atoms with Crippen molar-refractivity contribution in [2.45, 2.75) is 71.5 Å². The molecule has 0 aliphatic heterocycles. The predicted octanol–water partition coefficient (Wildman–Crippen LogP) is 5.07. The van der Waals surface area contributed by atoms with Crippen LogP contribution in [0.2, 0.25) is 5.28 Å². The van der Waals surface area contributed by atoms with Crippen LogP contribution in [0.3, 0.4) is 0 Å². The quantitative estimate of drug-likeness (QED) is 0.482. The first kappa shape index (κ1) is 15.5. The molecule has 1 heteroatoms. The van der Waals surface area contributed by atoms with Crippen LogP contribution in [0.1, 0.15) is 69.1 Å². The monoisotopic (exact) mass is 226 g/mol. The maximum Gasteiger partial charge on any atom is -1.00 e. The van der Waals surface area contributed by atoms with Crippen molar-refractivity contribution in [3.8, 4) is 0 Å². The molecule has 0 saturated heterocycles. The molecular weight excluding hydrogens is 195 g/mol. The van der Waals surface area contributed by atoms with E-state index in [9.17, 15) is 0 Å². The van der Waals surface area contributed by atoms with Crippen LogP contribution in [0, 0.1) is 17.8 Å². The van der Waals surface area contributed by atoms with Crippen molar-refractivity contribution >= 4 is 16.3 Å². The van der Waals surface area contributed by atoms with Crippen LogP contribution >= 0.6 is 0 Å². The normalized spacial score (nSPS) is 12.1. The molecule has 0 atom stereocenters. The van der Waals surface area contributed by atoms with Crippen LogP contribution in [-0.2, 0) is 0 Å². The summed E-state index contributed by atoms with van der Waals surface area (Å²) in [5.41, 5.74) is 0. The van der Waals surface area contributed by atoms with Gasteiger partial charge < -0.3 is 2.85 Å². The van der Waals surface area contributed by atoms with Crippen molar-refractivity contribution in [1.29, 1.82) is 0 Å². The van der Waals surface area contributed by atoms with Gasteiger partial charge in [0.25, 0.3) is 0 Å². The summed E-state index contributed by atoms with van der Waals surface area (Å²) >= 11 is 2.85. The van der Waals surface area contributed by atoms with Crippen molar-refractivity contribution in [3.63, 3.8) is 0 Å². The Morgan fingerprint density at radius 2 is 1.27 bits per heavy atom. The van der Waals surface area contributed by atoms with Gasteiger partial charge in [-0.1, -0.05) is 0 Å². The Morgan fingerprint density at radius 3 is 1.60 bits per heavy atom. The minimum absolute atomic E-state index is 0. The fourth-order valence-corrected chi connectivity index (χ4v) is 2.21. The second kappa shape index (κ2) is 9.74. The molecule has 0 aromatic heterocycles. The van der Waals surface area contributed by atoms with Gasteiger partial charge in [-0.3, -0.25) is 0 Å². The zero-order valence-corrected chi connectivity index (χ0v) is 12.4. The molecule has 0 amide bonds. The Hall–Kier alpha value is 0.532. The van der Waals surface area contributed by atoms with Crippen molar-refractivity contribution in [2.24, 2.45) is 17.8 Å². The van der Waals surface area contributed by atoms with Gasteiger partial charge >= 0.3 is 106 Å². The third-order valence-corrected chi connectivity index (χ3v) is 3.53. The molecule has 0 rings (SSSR count). The van der Waals surface area contributed by atoms with Gasteiger partial charge in [0, 0.05) is 0 Å². The van der Waals surface area contributed by atoms with Crippen LogP contribution < -0.4 is 0 Å². The molecule has 0 heterocycles. The van der Waals surface area contributed by atoms with E-state index in [4.69, 9.17) is 0 Å². The molecule has 15 heavy (non-hydrogen) atoms. The molecule has 0 N–H and O–H groups in total. The molecule has 0 aliphatic carbocycles. The molecule has 0 fully saturated rings. The number of rotatable bonds is 9. The van der Waals surface area contributed by atoms with E-state index in [2.05, 4.69) is 44.0 Å². The molecular formula is C14H31Al. The first-order valence-electron chi connectivity index (χ1n) is 6.76. The van der Waals surface area contributed by atoms with Crippen molar-refractivity contribution < 1.29 is 2.85 Å². The average molecular weight is 226 g/mol. The zero-order valence-electron chi connectivity index (χ0n) is 13.3. The van der Waals surface area contributed by atoms with E-state index in [0.717, 1.165) is 17.8 Å². The van der Waals surface area contributed by atoms with Gasteiger partial charge in [-0.2, -0.15) is 0 Å². The third-order valence-electron chi connectivity index (χ3n) is 3.12. The molecule has 0 spiro atoms. The standard InChI is InChI=1S/C14H29.Al.2H/c1-6-7-14(10-8-12(2)3)11-9-13(4)5;;;/h12-14H,1,6-11H2,2-5H3;;;/q;+2;2*-1. The first-order valence-corrected chi connectivity index (χ1v) is 7.58. The van der Waals surface area contributed by atoms with Gasteiger partial charge in [-0.15, -0.1) is 0 Å². The smallest absolute Gasteiger partial charge is 1.00 e. The summed E-state index contributed by atoms with van der Waals surface area (Å²) in [6.07, 6.45) is 8.58. The molecule has 0 aromatic carbocycles. The van der Waals surface area contributed by atoms with E-state index >= 15 is 0 Å². The molecule has 0 aromatic rings. The number of hydrogen-bond acceptors (Lipinski definition) is 0. The van der Waals surface area contributed by atoms with E-state index in [0.29, 0.717) is 0 Å². The van der Waals surface area contributed by atoms with Gasteiger partial charge in [-0.05, 0) is 0 Å². The summed E-state index contributed by atoms with van der Waals surface area (Å²) in [5, 5.41) is 1.28. The summed E-state index contributed by atoms with van der Waals surface area (Å²) in [6, 6.07) is 0. The summed E-state index contributed by atoms with van der Waals surface area (Å²) < 4.78 is 0. The van der Waals surface area contributed by atoms with E-state index in [-0.39, 0.29) is 2.85 Å². The van der Waals surface area contributed by atoms with Gasteiger partial charge in [0.1, 0.15) is 0 Å². The maximum absolute atomic E-state index is 2.85. The van der Waals surface area contributed by atoms with Gasteiger partial charge in [-0.25, -0.2) is 0 Å². The summed E-state index contributed by atoms with van der Waals surface area (Å²) in [6.45, 7) is 9.37. The molecule has 0 radical (unpaired) electrons. The van der Waals surface area contributed by atoms with E-state index in [1.54, 1.807) is 0 Å². The Morgan fingerprint density at radius 1 is 0.800 bits per heavy atom. The molecule has 0 bridgehead atoms. The minimum atomic E-state index is 0. The van der Waals surface area contributed by atoms with E-state index in [1.165, 1.54) is 43.8 Å². The average Bonchev–Trinajstić information content (AvgIpc) is 2.16. The van der Waals surface area contributed by atoms with Crippen LogP contribution in [0.5, 0.6) is 0 Å². The van der Waals surface area contributed by atoms with Crippen LogP contribution in [0.4, 0.5) is 0 Å². The molecule has 0 nitrogen and oxygen atoms in total. The largest absolute Gasteiger partial charge is 1.00 e. The van der Waals surface area contributed by atoms with E-state index < -0.39 is 0 Å². The van der Waals surface area contributed by atoms with Crippen LogP contribution in [-0.4, -0.2) is 16.3 Å². The van der Waals surface area contributed by atoms with Gasteiger partial charge in [0.15, 0.2) is 0 Å². The fraction of sp³-hybridized carbons (Fsp3) is 1.00. The molecule has 0 aliphatic rings. The fourth-order valence-electron chi connectivity index (χ4n) is 1.98. The summed E-state index contributed by atoms with van der Waals surface area (Å²) in [5.74, 6) is 2.75. The SMILES string of the molecule is CC(C)CCC(CC[CH2][Al+2])CCC(C)C.[H-].[H-]. The van der Waals surface area contributed by atoms with Crippen molar-refractivity contribution in [1.82, 2.24) is 0 Å². The minimum Gasteiger partial charge on any atom is -1.00 e. The van der Waals surface area contributed by atoms with Crippen LogP contribution in [0.25, 0.3) is 0 Å². The van der Waals surface area contributed by atoms with Gasteiger partial charge in [0.05, 0.1) is 0 Å². The van der Waals surface area contributed by atoms with Gasteiger partial charge in [0.2, 0.25) is 0 Å². The number of hydrogen-bond donors (Lipinski definition) is 0. The molecule has 0 saturated carbocycles. The second-order valence-electron chi connectivity index (χ2n) is 5.74. The van der Waals surface area contributed by atoms with Crippen LogP contribution in [0.15, 0.2) is 0 Å².